The number of carbonyl (C=O) groups excluding carboxylic acids is 1. The quantitative estimate of drug-likeness (QED) is 0.603. The molecule has 4 nitrogen and oxygen atoms in total. The van der Waals surface area contributed by atoms with Gasteiger partial charge in [0.15, 0.2) is 0 Å². The predicted molar refractivity (Wildman–Crippen MR) is 114 cm³/mol. The number of pyridine rings is 1. The molecule has 0 saturated carbocycles. The van der Waals surface area contributed by atoms with Gasteiger partial charge in [0.25, 0.3) is 0 Å². The van der Waals surface area contributed by atoms with E-state index in [1.807, 2.05) is 18.2 Å². The number of fused-ring (bicyclic) bond motifs is 1. The van der Waals surface area contributed by atoms with Gasteiger partial charge in [0, 0.05) is 36.1 Å². The van der Waals surface area contributed by atoms with Crippen LogP contribution in [0, 0.1) is 5.82 Å². The van der Waals surface area contributed by atoms with Crippen LogP contribution in [-0.2, 0) is 11.2 Å². The summed E-state index contributed by atoms with van der Waals surface area (Å²) in [6.07, 6.45) is 8.21. The average Bonchev–Trinajstić information content (AvgIpc) is 3.12. The molecule has 1 fully saturated rings. The third-order valence-corrected chi connectivity index (χ3v) is 6.03. The van der Waals surface area contributed by atoms with Gasteiger partial charge < -0.3 is 9.88 Å². The lowest BCUT2D eigenvalue weighted by molar-refractivity contribution is -0.135. The number of nitrogens with zero attached hydrogens (tertiary/aromatic N) is 2. The number of likely N-dealkylation sites (tertiary alicyclic amines) is 1. The van der Waals surface area contributed by atoms with Gasteiger partial charge in [0.05, 0.1) is 11.4 Å². The Morgan fingerprint density at radius 1 is 1.28 bits per heavy atom. The Balaban J connectivity index is 1.54. The second kappa shape index (κ2) is 8.76. The van der Waals surface area contributed by atoms with E-state index in [4.69, 9.17) is 0 Å². The summed E-state index contributed by atoms with van der Waals surface area (Å²) in [6.45, 7) is 3.05. The molecule has 3 aromatic rings. The van der Waals surface area contributed by atoms with Gasteiger partial charge in [-0.15, -0.1) is 0 Å². The summed E-state index contributed by atoms with van der Waals surface area (Å²) in [5.41, 5.74) is 3.70. The lowest BCUT2D eigenvalue weighted by Gasteiger charge is -2.35. The molecule has 0 spiro atoms. The van der Waals surface area contributed by atoms with Crippen LogP contribution in [0.3, 0.4) is 0 Å². The highest BCUT2D eigenvalue weighted by Crippen LogP contribution is 2.31. The highest BCUT2D eigenvalue weighted by molar-refractivity contribution is 5.90. The Hall–Kier alpha value is -2.69. The number of rotatable bonds is 6. The fourth-order valence-electron chi connectivity index (χ4n) is 4.52. The number of halogens is 1. The van der Waals surface area contributed by atoms with Crippen molar-refractivity contribution in [3.05, 3.63) is 54.0 Å². The summed E-state index contributed by atoms with van der Waals surface area (Å²) in [4.78, 5) is 22.8. The van der Waals surface area contributed by atoms with Crippen LogP contribution >= 0.6 is 0 Å². The molecule has 1 unspecified atom stereocenters. The van der Waals surface area contributed by atoms with Crippen LogP contribution in [0.4, 0.5) is 4.39 Å². The van der Waals surface area contributed by atoms with Crippen LogP contribution in [0.25, 0.3) is 22.3 Å². The average molecular weight is 394 g/mol. The minimum atomic E-state index is -0.250. The monoisotopic (exact) mass is 393 g/mol. The standard InChI is InChI=1S/C24H28FN3O/c1-2-18-8-4-6-15-28(18)23(29)11-7-9-19-20-16-17(25)12-13-21(20)27-24(19)22-10-3-5-14-26-22/h3,5,10,12-14,16,18,27H,2,4,6-9,11,15H2,1H3. The van der Waals surface area contributed by atoms with E-state index in [9.17, 15) is 9.18 Å². The normalized spacial score (nSPS) is 17.0. The first-order valence-electron chi connectivity index (χ1n) is 10.7. The Morgan fingerprint density at radius 2 is 2.17 bits per heavy atom. The number of aryl methyl sites for hydroxylation is 1. The third kappa shape index (κ3) is 4.19. The predicted octanol–water partition coefficient (Wildman–Crippen LogP) is 5.48. The maximum Gasteiger partial charge on any atom is 0.222 e. The summed E-state index contributed by atoms with van der Waals surface area (Å²) in [5, 5.41) is 0.877. The van der Waals surface area contributed by atoms with Crippen molar-refractivity contribution in [1.82, 2.24) is 14.9 Å². The van der Waals surface area contributed by atoms with Gasteiger partial charge in [-0.2, -0.15) is 0 Å². The van der Waals surface area contributed by atoms with Crippen LogP contribution in [-0.4, -0.2) is 33.4 Å². The Morgan fingerprint density at radius 3 is 2.97 bits per heavy atom. The molecule has 1 aliphatic rings. The van der Waals surface area contributed by atoms with Crippen LogP contribution in [0.2, 0.25) is 0 Å². The fraction of sp³-hybridized carbons (Fsp3) is 0.417. The van der Waals surface area contributed by atoms with Gasteiger partial charge in [-0.25, -0.2) is 4.39 Å². The van der Waals surface area contributed by atoms with E-state index in [-0.39, 0.29) is 11.7 Å². The van der Waals surface area contributed by atoms with Crippen molar-refractivity contribution in [2.45, 2.75) is 57.9 Å². The zero-order valence-corrected chi connectivity index (χ0v) is 17.0. The largest absolute Gasteiger partial charge is 0.353 e. The lowest BCUT2D eigenvalue weighted by atomic mass is 9.98. The molecule has 152 valence electrons. The highest BCUT2D eigenvalue weighted by Gasteiger charge is 2.25. The number of amides is 1. The maximum absolute atomic E-state index is 13.9. The number of nitrogens with one attached hydrogen (secondary N) is 1. The van der Waals surface area contributed by atoms with E-state index in [0.717, 1.165) is 60.1 Å². The van der Waals surface area contributed by atoms with E-state index in [1.54, 1.807) is 18.3 Å². The summed E-state index contributed by atoms with van der Waals surface area (Å²) in [5.74, 6) is 0.00228. The van der Waals surface area contributed by atoms with Gasteiger partial charge in [0.1, 0.15) is 5.82 Å². The van der Waals surface area contributed by atoms with E-state index in [0.29, 0.717) is 18.9 Å². The molecular formula is C24H28FN3O. The van der Waals surface area contributed by atoms with Gasteiger partial charge >= 0.3 is 0 Å². The van der Waals surface area contributed by atoms with E-state index in [2.05, 4.69) is 21.8 Å². The van der Waals surface area contributed by atoms with Crippen molar-refractivity contribution < 1.29 is 9.18 Å². The van der Waals surface area contributed by atoms with Crippen molar-refractivity contribution in [2.75, 3.05) is 6.54 Å². The van der Waals surface area contributed by atoms with Crippen molar-refractivity contribution in [1.29, 1.82) is 0 Å². The number of aromatic amines is 1. The number of H-pyrrole nitrogens is 1. The number of aromatic nitrogens is 2. The molecule has 1 N–H and O–H groups in total. The topological polar surface area (TPSA) is 49.0 Å². The van der Waals surface area contributed by atoms with Gasteiger partial charge in [-0.1, -0.05) is 13.0 Å². The van der Waals surface area contributed by atoms with Crippen LogP contribution in [0.5, 0.6) is 0 Å². The molecule has 2 aromatic heterocycles. The van der Waals surface area contributed by atoms with Crippen molar-refractivity contribution in [3.63, 3.8) is 0 Å². The van der Waals surface area contributed by atoms with Gasteiger partial charge in [0.2, 0.25) is 5.91 Å². The van der Waals surface area contributed by atoms with Crippen molar-refractivity contribution in [2.24, 2.45) is 0 Å². The molecule has 1 aliphatic heterocycles. The minimum Gasteiger partial charge on any atom is -0.353 e. The van der Waals surface area contributed by atoms with Gasteiger partial charge in [-0.05, 0) is 74.4 Å². The maximum atomic E-state index is 13.9. The Labute approximate surface area is 171 Å². The minimum absolute atomic E-state index is 0.250. The molecule has 3 heterocycles. The Kier molecular flexibility index (Phi) is 5.93. The number of carbonyl (C=O) groups is 1. The van der Waals surface area contributed by atoms with E-state index in [1.165, 1.54) is 12.5 Å². The summed E-state index contributed by atoms with van der Waals surface area (Å²) in [6, 6.07) is 11.0. The highest BCUT2D eigenvalue weighted by atomic mass is 19.1. The first-order chi connectivity index (χ1) is 14.2. The number of piperidine rings is 1. The van der Waals surface area contributed by atoms with E-state index >= 15 is 0 Å². The third-order valence-electron chi connectivity index (χ3n) is 6.03. The van der Waals surface area contributed by atoms with Gasteiger partial charge in [-0.3, -0.25) is 9.78 Å². The second-order valence-electron chi connectivity index (χ2n) is 7.88. The molecule has 1 amide bonds. The first-order valence-corrected chi connectivity index (χ1v) is 10.7. The zero-order chi connectivity index (χ0) is 20.2. The van der Waals surface area contributed by atoms with Crippen LogP contribution in [0.1, 0.15) is 51.0 Å². The molecule has 29 heavy (non-hydrogen) atoms. The summed E-state index contributed by atoms with van der Waals surface area (Å²) < 4.78 is 13.9. The van der Waals surface area contributed by atoms with Crippen LogP contribution < -0.4 is 0 Å². The van der Waals surface area contributed by atoms with Crippen molar-refractivity contribution >= 4 is 16.8 Å². The Bertz CT molecular complexity index is 982. The number of benzene rings is 1. The molecule has 1 saturated heterocycles. The number of hydrogen-bond donors (Lipinski definition) is 1. The molecule has 0 radical (unpaired) electrons. The fourth-order valence-corrected chi connectivity index (χ4v) is 4.52. The molecule has 1 atom stereocenters. The molecular weight excluding hydrogens is 365 g/mol. The molecule has 5 heteroatoms. The second-order valence-corrected chi connectivity index (χ2v) is 7.88. The molecule has 0 bridgehead atoms. The van der Waals surface area contributed by atoms with Crippen LogP contribution in [0.15, 0.2) is 42.6 Å². The lowest BCUT2D eigenvalue weighted by Crippen LogP contribution is -2.43. The first kappa shape index (κ1) is 19.6. The molecule has 4 rings (SSSR count). The molecule has 1 aromatic carbocycles. The summed E-state index contributed by atoms with van der Waals surface area (Å²) >= 11 is 0. The SMILES string of the molecule is CCC1CCCCN1C(=O)CCCc1c(-c2ccccn2)[nH]c2ccc(F)cc12. The van der Waals surface area contributed by atoms with E-state index < -0.39 is 0 Å². The number of hydrogen-bond acceptors (Lipinski definition) is 2. The smallest absolute Gasteiger partial charge is 0.222 e. The zero-order valence-electron chi connectivity index (χ0n) is 17.0. The summed E-state index contributed by atoms with van der Waals surface area (Å²) in [7, 11) is 0. The molecule has 0 aliphatic carbocycles. The van der Waals surface area contributed by atoms with Crippen molar-refractivity contribution in [3.8, 4) is 11.4 Å².